The highest BCUT2D eigenvalue weighted by Gasteiger charge is 2.30. The first-order chi connectivity index (χ1) is 9.85. The molecule has 0 aromatic heterocycles. The highest BCUT2D eigenvalue weighted by Crippen LogP contribution is 2.15. The summed E-state index contributed by atoms with van der Waals surface area (Å²) in [6, 6.07) is 9.06. The number of carbonyl (C=O) groups is 2. The Morgan fingerprint density at radius 3 is 2.52 bits per heavy atom. The predicted octanol–water partition coefficient (Wildman–Crippen LogP) is 2.43. The number of benzene rings is 1. The minimum absolute atomic E-state index is 0.0229. The van der Waals surface area contributed by atoms with Crippen LogP contribution in [-0.4, -0.2) is 41.6 Å². The van der Waals surface area contributed by atoms with Gasteiger partial charge in [-0.1, -0.05) is 18.2 Å². The minimum Gasteiger partial charge on any atom is -0.444 e. The average Bonchev–Trinajstić information content (AvgIpc) is 2.86. The fourth-order valence-corrected chi connectivity index (χ4v) is 2.23. The average molecular weight is 290 g/mol. The van der Waals surface area contributed by atoms with Gasteiger partial charge in [0, 0.05) is 24.7 Å². The maximum atomic E-state index is 12.1. The molecule has 0 aliphatic carbocycles. The summed E-state index contributed by atoms with van der Waals surface area (Å²) in [4.78, 5) is 25.7. The standard InChI is InChI=1S/C16H22N2O3/c1-16(2,3)21-15(20)18-10-9-13(11-18)17-14(19)12-7-5-4-6-8-12/h4-8,13H,9-11H2,1-3H3,(H,17,19)/t13-/m1/s1. The van der Waals surface area contributed by atoms with Gasteiger partial charge in [0.15, 0.2) is 0 Å². The normalized spacial score (nSPS) is 18.4. The van der Waals surface area contributed by atoms with Crippen LogP contribution in [0.15, 0.2) is 30.3 Å². The molecule has 1 aromatic rings. The smallest absolute Gasteiger partial charge is 0.410 e. The van der Waals surface area contributed by atoms with E-state index in [9.17, 15) is 9.59 Å². The van der Waals surface area contributed by atoms with Gasteiger partial charge in [0.25, 0.3) is 5.91 Å². The molecule has 2 rings (SSSR count). The largest absolute Gasteiger partial charge is 0.444 e. The molecular weight excluding hydrogens is 268 g/mol. The Balaban J connectivity index is 1.86. The molecule has 1 fully saturated rings. The molecule has 1 heterocycles. The van der Waals surface area contributed by atoms with Crippen LogP contribution in [0.1, 0.15) is 37.6 Å². The quantitative estimate of drug-likeness (QED) is 0.910. The summed E-state index contributed by atoms with van der Waals surface area (Å²) in [5, 5.41) is 2.95. The number of nitrogens with zero attached hydrogens (tertiary/aromatic N) is 1. The molecule has 2 amide bonds. The second-order valence-corrected chi connectivity index (χ2v) is 6.25. The number of carbonyl (C=O) groups excluding carboxylic acids is 2. The second-order valence-electron chi connectivity index (χ2n) is 6.25. The van der Waals surface area contributed by atoms with E-state index in [4.69, 9.17) is 4.74 Å². The van der Waals surface area contributed by atoms with Crippen molar-refractivity contribution < 1.29 is 14.3 Å². The first kappa shape index (κ1) is 15.4. The van der Waals surface area contributed by atoms with Gasteiger partial charge >= 0.3 is 6.09 Å². The molecule has 1 aliphatic rings. The molecule has 5 nitrogen and oxygen atoms in total. The van der Waals surface area contributed by atoms with E-state index in [0.29, 0.717) is 18.7 Å². The molecule has 0 unspecified atom stereocenters. The Kier molecular flexibility index (Phi) is 4.50. The van der Waals surface area contributed by atoms with Gasteiger partial charge in [-0.25, -0.2) is 4.79 Å². The number of likely N-dealkylation sites (tertiary alicyclic amines) is 1. The molecule has 1 aliphatic heterocycles. The molecule has 1 N–H and O–H groups in total. The lowest BCUT2D eigenvalue weighted by atomic mass is 10.2. The fraction of sp³-hybridized carbons (Fsp3) is 0.500. The van der Waals surface area contributed by atoms with Crippen LogP contribution in [0.2, 0.25) is 0 Å². The monoisotopic (exact) mass is 290 g/mol. The molecule has 0 radical (unpaired) electrons. The molecule has 21 heavy (non-hydrogen) atoms. The number of hydrogen-bond donors (Lipinski definition) is 1. The van der Waals surface area contributed by atoms with Gasteiger partial charge in [0.05, 0.1) is 0 Å². The van der Waals surface area contributed by atoms with E-state index < -0.39 is 5.60 Å². The van der Waals surface area contributed by atoms with Crippen molar-refractivity contribution in [3.05, 3.63) is 35.9 Å². The third-order valence-electron chi connectivity index (χ3n) is 3.21. The van der Waals surface area contributed by atoms with Crippen molar-refractivity contribution in [2.24, 2.45) is 0 Å². The Bertz CT molecular complexity index is 508. The van der Waals surface area contributed by atoms with Crippen molar-refractivity contribution in [2.45, 2.75) is 38.8 Å². The molecule has 0 bridgehead atoms. The topological polar surface area (TPSA) is 58.6 Å². The lowest BCUT2D eigenvalue weighted by molar-refractivity contribution is 0.0290. The molecule has 1 aromatic carbocycles. The van der Waals surface area contributed by atoms with E-state index in [1.807, 2.05) is 39.0 Å². The zero-order valence-corrected chi connectivity index (χ0v) is 12.8. The summed E-state index contributed by atoms with van der Waals surface area (Å²) >= 11 is 0. The van der Waals surface area contributed by atoms with E-state index in [2.05, 4.69) is 5.32 Å². The molecule has 1 atom stereocenters. The van der Waals surface area contributed by atoms with Crippen molar-refractivity contribution in [1.29, 1.82) is 0 Å². The van der Waals surface area contributed by atoms with Gasteiger partial charge < -0.3 is 15.0 Å². The van der Waals surface area contributed by atoms with Crippen molar-refractivity contribution in [1.82, 2.24) is 10.2 Å². The number of amides is 2. The van der Waals surface area contributed by atoms with E-state index >= 15 is 0 Å². The lowest BCUT2D eigenvalue weighted by Gasteiger charge is -2.24. The van der Waals surface area contributed by atoms with Crippen LogP contribution in [0.5, 0.6) is 0 Å². The van der Waals surface area contributed by atoms with Crippen LogP contribution in [-0.2, 0) is 4.74 Å². The zero-order valence-electron chi connectivity index (χ0n) is 12.8. The van der Waals surface area contributed by atoms with Crippen LogP contribution in [0.4, 0.5) is 4.79 Å². The van der Waals surface area contributed by atoms with Gasteiger partial charge in [-0.05, 0) is 39.3 Å². The number of rotatable bonds is 2. The summed E-state index contributed by atoms with van der Waals surface area (Å²) in [6.07, 6.45) is 0.427. The Hall–Kier alpha value is -2.04. The van der Waals surface area contributed by atoms with Crippen LogP contribution in [0.25, 0.3) is 0 Å². The number of hydrogen-bond acceptors (Lipinski definition) is 3. The van der Waals surface area contributed by atoms with Crippen LogP contribution in [0, 0.1) is 0 Å². The Morgan fingerprint density at radius 2 is 1.90 bits per heavy atom. The fourth-order valence-electron chi connectivity index (χ4n) is 2.23. The summed E-state index contributed by atoms with van der Waals surface area (Å²) < 4.78 is 5.33. The first-order valence-corrected chi connectivity index (χ1v) is 7.19. The summed E-state index contributed by atoms with van der Waals surface area (Å²) in [5.74, 6) is -0.105. The molecular formula is C16H22N2O3. The first-order valence-electron chi connectivity index (χ1n) is 7.19. The van der Waals surface area contributed by atoms with E-state index in [0.717, 1.165) is 6.42 Å². The number of ether oxygens (including phenoxy) is 1. The maximum absolute atomic E-state index is 12.1. The van der Waals surface area contributed by atoms with Crippen molar-refractivity contribution in [3.63, 3.8) is 0 Å². The van der Waals surface area contributed by atoms with Gasteiger partial charge in [-0.3, -0.25) is 4.79 Å². The zero-order chi connectivity index (χ0) is 15.5. The third kappa shape index (κ3) is 4.48. The van der Waals surface area contributed by atoms with Gasteiger partial charge in [-0.15, -0.1) is 0 Å². The van der Waals surface area contributed by atoms with Crippen molar-refractivity contribution in [3.8, 4) is 0 Å². The van der Waals surface area contributed by atoms with E-state index in [1.54, 1.807) is 17.0 Å². The van der Waals surface area contributed by atoms with Gasteiger partial charge in [0.1, 0.15) is 5.60 Å². The molecule has 5 heteroatoms. The van der Waals surface area contributed by atoms with Crippen molar-refractivity contribution in [2.75, 3.05) is 13.1 Å². The van der Waals surface area contributed by atoms with Crippen LogP contribution in [0.3, 0.4) is 0 Å². The maximum Gasteiger partial charge on any atom is 0.410 e. The van der Waals surface area contributed by atoms with Gasteiger partial charge in [-0.2, -0.15) is 0 Å². The van der Waals surface area contributed by atoms with Gasteiger partial charge in [0.2, 0.25) is 0 Å². The van der Waals surface area contributed by atoms with Crippen LogP contribution >= 0.6 is 0 Å². The highest BCUT2D eigenvalue weighted by atomic mass is 16.6. The Labute approximate surface area is 125 Å². The molecule has 0 saturated carbocycles. The van der Waals surface area contributed by atoms with E-state index in [-0.39, 0.29) is 18.0 Å². The third-order valence-corrected chi connectivity index (χ3v) is 3.21. The molecule has 0 spiro atoms. The predicted molar refractivity (Wildman–Crippen MR) is 80.1 cm³/mol. The van der Waals surface area contributed by atoms with Crippen molar-refractivity contribution >= 4 is 12.0 Å². The van der Waals surface area contributed by atoms with Crippen LogP contribution < -0.4 is 5.32 Å². The minimum atomic E-state index is -0.498. The SMILES string of the molecule is CC(C)(C)OC(=O)N1CC[C@@H](NC(=O)c2ccccc2)C1. The van der Waals surface area contributed by atoms with E-state index in [1.165, 1.54) is 0 Å². The molecule has 114 valence electrons. The molecule has 1 saturated heterocycles. The number of nitrogens with one attached hydrogen (secondary N) is 1. The Morgan fingerprint density at radius 1 is 1.24 bits per heavy atom. The lowest BCUT2D eigenvalue weighted by Crippen LogP contribution is -2.40. The second kappa shape index (κ2) is 6.16. The summed E-state index contributed by atoms with van der Waals surface area (Å²) in [7, 11) is 0. The highest BCUT2D eigenvalue weighted by molar-refractivity contribution is 5.94. The summed E-state index contributed by atoms with van der Waals surface area (Å²) in [5.41, 5.74) is 0.135. The summed E-state index contributed by atoms with van der Waals surface area (Å²) in [6.45, 7) is 6.63.